The molecule has 1 aliphatic carbocycles. The van der Waals surface area contributed by atoms with Gasteiger partial charge in [0, 0.05) is 0 Å². The number of nitrogens with zero attached hydrogens (tertiary/aromatic N) is 1. The molecule has 0 unspecified atom stereocenters. The Morgan fingerprint density at radius 1 is 1.36 bits per heavy atom. The zero-order valence-electron chi connectivity index (χ0n) is 12.5. The Labute approximate surface area is 129 Å². The molecule has 6 nitrogen and oxygen atoms in total. The zero-order chi connectivity index (χ0) is 15.7. The minimum absolute atomic E-state index is 0.0290. The highest BCUT2D eigenvalue weighted by molar-refractivity contribution is 6.07. The average molecular weight is 304 g/mol. The molecule has 0 radical (unpaired) electrons. The Morgan fingerprint density at radius 2 is 2.05 bits per heavy atom. The molecule has 2 aliphatic rings. The molecular formula is C16H20N2O4. The van der Waals surface area contributed by atoms with Crippen molar-refractivity contribution < 1.29 is 19.4 Å². The SMILES string of the molecule is C[C@]1(C2CC2)NC(=O)N(C[C@H](O)COc2ccccc2)C1=O. The Morgan fingerprint density at radius 3 is 2.68 bits per heavy atom. The monoisotopic (exact) mass is 304 g/mol. The molecule has 22 heavy (non-hydrogen) atoms. The van der Waals surface area contributed by atoms with Gasteiger partial charge in [0.25, 0.3) is 5.91 Å². The fraction of sp³-hybridized carbons (Fsp3) is 0.500. The van der Waals surface area contributed by atoms with Crippen molar-refractivity contribution in [3.63, 3.8) is 0 Å². The number of aliphatic hydroxyl groups excluding tert-OH is 1. The first kappa shape index (κ1) is 14.8. The molecule has 118 valence electrons. The molecule has 2 N–H and O–H groups in total. The third-order valence-electron chi connectivity index (χ3n) is 4.27. The lowest BCUT2D eigenvalue weighted by Gasteiger charge is -2.22. The number of hydrogen-bond donors (Lipinski definition) is 2. The summed E-state index contributed by atoms with van der Waals surface area (Å²) in [6.45, 7) is 1.73. The number of hydrogen-bond acceptors (Lipinski definition) is 4. The standard InChI is InChI=1S/C16H20N2O4/c1-16(11-7-8-11)14(20)18(15(21)17-16)9-12(19)10-22-13-5-3-2-4-6-13/h2-6,11-12,19H,7-10H2,1H3,(H,17,21)/t12-,16+/m0/s1. The van der Waals surface area contributed by atoms with Crippen molar-refractivity contribution in [1.82, 2.24) is 10.2 Å². The summed E-state index contributed by atoms with van der Waals surface area (Å²) >= 11 is 0. The van der Waals surface area contributed by atoms with Gasteiger partial charge in [0.05, 0.1) is 6.54 Å². The summed E-state index contributed by atoms with van der Waals surface area (Å²) in [6.07, 6.45) is 0.989. The molecule has 1 saturated carbocycles. The molecule has 1 heterocycles. The molecule has 6 heteroatoms. The maximum absolute atomic E-state index is 12.4. The highest BCUT2D eigenvalue weighted by Crippen LogP contribution is 2.42. The van der Waals surface area contributed by atoms with Crippen molar-refractivity contribution in [2.24, 2.45) is 5.92 Å². The van der Waals surface area contributed by atoms with Crippen molar-refractivity contribution in [2.75, 3.05) is 13.2 Å². The summed E-state index contributed by atoms with van der Waals surface area (Å²) < 4.78 is 5.44. The molecule has 2 fully saturated rings. The summed E-state index contributed by atoms with van der Waals surface area (Å²) in [7, 11) is 0. The van der Waals surface area contributed by atoms with Crippen molar-refractivity contribution in [3.8, 4) is 5.75 Å². The lowest BCUT2D eigenvalue weighted by atomic mass is 9.96. The smallest absolute Gasteiger partial charge is 0.325 e. The summed E-state index contributed by atoms with van der Waals surface area (Å²) in [5.74, 6) is 0.604. The summed E-state index contributed by atoms with van der Waals surface area (Å²) in [5, 5.41) is 12.8. The van der Waals surface area contributed by atoms with Gasteiger partial charge >= 0.3 is 6.03 Å². The Hall–Kier alpha value is -2.08. The number of para-hydroxylation sites is 1. The van der Waals surface area contributed by atoms with Crippen molar-refractivity contribution >= 4 is 11.9 Å². The van der Waals surface area contributed by atoms with Crippen LogP contribution in [-0.2, 0) is 4.79 Å². The second-order valence-electron chi connectivity index (χ2n) is 6.10. The molecule has 0 bridgehead atoms. The molecule has 3 amide bonds. The number of urea groups is 1. The number of amides is 3. The predicted molar refractivity (Wildman–Crippen MR) is 79.3 cm³/mol. The quantitative estimate of drug-likeness (QED) is 0.773. The molecular weight excluding hydrogens is 284 g/mol. The molecule has 0 aromatic heterocycles. The number of β-amino-alcohol motifs (C(OH)–C–C–N with tert-alkyl or cyclic N) is 1. The van der Waals surface area contributed by atoms with Crippen LogP contribution in [0.15, 0.2) is 30.3 Å². The van der Waals surface area contributed by atoms with Gasteiger partial charge in [0.15, 0.2) is 0 Å². The van der Waals surface area contributed by atoms with E-state index in [9.17, 15) is 14.7 Å². The second-order valence-corrected chi connectivity index (χ2v) is 6.10. The summed E-state index contributed by atoms with van der Waals surface area (Å²) in [6, 6.07) is 8.67. The van der Waals surface area contributed by atoms with E-state index >= 15 is 0 Å². The van der Waals surface area contributed by atoms with Crippen molar-refractivity contribution in [3.05, 3.63) is 30.3 Å². The van der Waals surface area contributed by atoms with Crippen LogP contribution in [0.4, 0.5) is 4.79 Å². The van der Waals surface area contributed by atoms with Gasteiger partial charge in [-0.1, -0.05) is 18.2 Å². The third kappa shape index (κ3) is 2.78. The topological polar surface area (TPSA) is 78.9 Å². The average Bonchev–Trinajstić information content (AvgIpc) is 3.33. The lowest BCUT2D eigenvalue weighted by Crippen LogP contribution is -2.46. The first-order chi connectivity index (χ1) is 10.5. The van der Waals surface area contributed by atoms with Crippen LogP contribution < -0.4 is 10.1 Å². The van der Waals surface area contributed by atoms with E-state index in [1.54, 1.807) is 19.1 Å². The Kier molecular flexibility index (Phi) is 3.78. The predicted octanol–water partition coefficient (Wildman–Crippen LogP) is 1.15. The van der Waals surface area contributed by atoms with Crippen molar-refractivity contribution in [1.29, 1.82) is 0 Å². The fourth-order valence-electron chi connectivity index (χ4n) is 2.79. The van der Waals surface area contributed by atoms with Crippen LogP contribution in [0.25, 0.3) is 0 Å². The van der Waals surface area contributed by atoms with Crippen molar-refractivity contribution in [2.45, 2.75) is 31.4 Å². The van der Waals surface area contributed by atoms with Gasteiger partial charge in [-0.3, -0.25) is 9.69 Å². The minimum Gasteiger partial charge on any atom is -0.491 e. The lowest BCUT2D eigenvalue weighted by molar-refractivity contribution is -0.132. The van der Waals surface area contributed by atoms with E-state index < -0.39 is 17.7 Å². The van der Waals surface area contributed by atoms with Gasteiger partial charge in [-0.15, -0.1) is 0 Å². The van der Waals surface area contributed by atoms with Gasteiger partial charge in [-0.05, 0) is 37.8 Å². The third-order valence-corrected chi connectivity index (χ3v) is 4.27. The molecule has 1 aromatic carbocycles. The number of imide groups is 1. The highest BCUT2D eigenvalue weighted by atomic mass is 16.5. The van der Waals surface area contributed by atoms with E-state index in [0.717, 1.165) is 17.7 Å². The number of benzene rings is 1. The molecule has 0 spiro atoms. The van der Waals surface area contributed by atoms with E-state index in [2.05, 4.69) is 5.32 Å². The van der Waals surface area contributed by atoms with Crippen LogP contribution in [0.1, 0.15) is 19.8 Å². The number of rotatable bonds is 6. The molecule has 1 aliphatic heterocycles. The first-order valence-electron chi connectivity index (χ1n) is 7.51. The number of carbonyl (C=O) groups excluding carboxylic acids is 2. The van der Waals surface area contributed by atoms with Crippen LogP contribution >= 0.6 is 0 Å². The van der Waals surface area contributed by atoms with Crippen LogP contribution in [-0.4, -0.2) is 46.7 Å². The zero-order valence-corrected chi connectivity index (χ0v) is 12.5. The molecule has 1 aromatic rings. The molecule has 3 rings (SSSR count). The Balaban J connectivity index is 1.56. The maximum Gasteiger partial charge on any atom is 0.325 e. The van der Waals surface area contributed by atoms with E-state index in [4.69, 9.17) is 4.74 Å². The van der Waals surface area contributed by atoms with E-state index in [-0.39, 0.29) is 25.0 Å². The number of aliphatic hydroxyl groups is 1. The summed E-state index contributed by atoms with van der Waals surface area (Å²) in [5.41, 5.74) is -0.808. The van der Waals surface area contributed by atoms with Gasteiger partial charge in [0.1, 0.15) is 24.0 Å². The van der Waals surface area contributed by atoms with Crippen LogP contribution in [0.5, 0.6) is 5.75 Å². The van der Waals surface area contributed by atoms with Crippen LogP contribution in [0.3, 0.4) is 0 Å². The minimum atomic E-state index is -0.920. The maximum atomic E-state index is 12.4. The Bertz CT molecular complexity index is 573. The van der Waals surface area contributed by atoms with Crippen LogP contribution in [0, 0.1) is 5.92 Å². The largest absolute Gasteiger partial charge is 0.491 e. The first-order valence-corrected chi connectivity index (χ1v) is 7.51. The van der Waals surface area contributed by atoms with Crippen LogP contribution in [0.2, 0.25) is 0 Å². The van der Waals surface area contributed by atoms with E-state index in [0.29, 0.717) is 5.75 Å². The molecule has 1 saturated heterocycles. The van der Waals surface area contributed by atoms with Gasteiger partial charge in [0.2, 0.25) is 0 Å². The van der Waals surface area contributed by atoms with E-state index in [1.165, 1.54) is 0 Å². The molecule has 2 atom stereocenters. The van der Waals surface area contributed by atoms with Gasteiger partial charge in [-0.2, -0.15) is 0 Å². The number of nitrogens with one attached hydrogen (secondary N) is 1. The highest BCUT2D eigenvalue weighted by Gasteiger charge is 2.56. The normalized spacial score (nSPS) is 26.0. The van der Waals surface area contributed by atoms with Gasteiger partial charge in [-0.25, -0.2) is 4.79 Å². The fourth-order valence-corrected chi connectivity index (χ4v) is 2.79. The summed E-state index contributed by atoms with van der Waals surface area (Å²) in [4.78, 5) is 25.5. The van der Waals surface area contributed by atoms with E-state index in [1.807, 2.05) is 18.2 Å². The second kappa shape index (κ2) is 5.61. The number of carbonyl (C=O) groups is 2. The number of ether oxygens (including phenoxy) is 1. The van der Waals surface area contributed by atoms with Gasteiger partial charge < -0.3 is 15.2 Å².